The molecule has 0 radical (unpaired) electrons. The van der Waals surface area contributed by atoms with Crippen molar-refractivity contribution in [2.45, 2.75) is 18.8 Å². The third kappa shape index (κ3) is 4.53. The van der Waals surface area contributed by atoms with E-state index < -0.39 is 0 Å². The number of aromatic amines is 1. The van der Waals surface area contributed by atoms with Crippen molar-refractivity contribution in [2.24, 2.45) is 0 Å². The zero-order valence-electron chi connectivity index (χ0n) is 17.2. The van der Waals surface area contributed by atoms with E-state index in [1.807, 2.05) is 36.4 Å². The first-order valence-electron chi connectivity index (χ1n) is 10.3. The summed E-state index contributed by atoms with van der Waals surface area (Å²) in [6, 6.07) is 14.7. The fourth-order valence-electron chi connectivity index (χ4n) is 3.75. The smallest absolute Gasteiger partial charge is 0.275 e. The Morgan fingerprint density at radius 1 is 1.06 bits per heavy atom. The summed E-state index contributed by atoms with van der Waals surface area (Å²) in [5.41, 5.74) is 2.67. The lowest BCUT2D eigenvalue weighted by Crippen LogP contribution is -2.26. The van der Waals surface area contributed by atoms with E-state index in [1.165, 1.54) is 0 Å². The van der Waals surface area contributed by atoms with Crippen LogP contribution in [0.1, 0.15) is 34.9 Å². The van der Waals surface area contributed by atoms with Crippen LogP contribution in [0, 0.1) is 0 Å². The number of H-pyrrole nitrogens is 1. The van der Waals surface area contributed by atoms with Gasteiger partial charge in [0.05, 0.1) is 17.1 Å². The predicted octanol–water partition coefficient (Wildman–Crippen LogP) is 3.19. The van der Waals surface area contributed by atoms with Crippen LogP contribution in [0.5, 0.6) is 0 Å². The molecule has 0 bridgehead atoms. The molecule has 0 unspecified atom stereocenters. The van der Waals surface area contributed by atoms with E-state index >= 15 is 0 Å². The van der Waals surface area contributed by atoms with Crippen LogP contribution in [0.25, 0.3) is 17.2 Å². The highest BCUT2D eigenvalue weighted by Gasteiger charge is 2.22. The number of amides is 1. The van der Waals surface area contributed by atoms with Crippen molar-refractivity contribution in [3.8, 4) is 17.2 Å². The maximum Gasteiger partial charge on any atom is 0.275 e. The van der Waals surface area contributed by atoms with Crippen LogP contribution in [0.4, 0.5) is 5.82 Å². The van der Waals surface area contributed by atoms with Crippen LogP contribution >= 0.6 is 12.4 Å². The fraction of sp³-hybridized carbons (Fsp3) is 0.227. The molecule has 164 valence electrons. The number of rotatable bonds is 5. The Hall–Kier alpha value is -3.56. The van der Waals surface area contributed by atoms with E-state index in [1.54, 1.807) is 29.2 Å². The maximum absolute atomic E-state index is 13.0. The molecule has 3 N–H and O–H groups in total. The molecule has 5 heterocycles. The minimum atomic E-state index is -0.310. The number of nitrogens with one attached hydrogen (secondary N) is 3. The molecule has 5 rings (SSSR count). The minimum absolute atomic E-state index is 0. The highest BCUT2D eigenvalue weighted by Crippen LogP contribution is 2.28. The van der Waals surface area contributed by atoms with Crippen LogP contribution in [0.2, 0.25) is 0 Å². The van der Waals surface area contributed by atoms with Crippen molar-refractivity contribution in [1.82, 2.24) is 35.3 Å². The number of hydrogen-bond acceptors (Lipinski definition) is 6. The zero-order valence-corrected chi connectivity index (χ0v) is 18.0. The number of carbonyl (C=O) groups is 1. The normalized spacial score (nSPS) is 14.0. The van der Waals surface area contributed by atoms with Crippen LogP contribution in [0.15, 0.2) is 60.9 Å². The predicted molar refractivity (Wildman–Crippen MR) is 123 cm³/mol. The summed E-state index contributed by atoms with van der Waals surface area (Å²) in [4.78, 5) is 21.9. The number of hydrogen-bond donors (Lipinski definition) is 3. The quantitative estimate of drug-likeness (QED) is 0.430. The summed E-state index contributed by atoms with van der Waals surface area (Å²) in [5.74, 6) is 1.27. The number of anilines is 1. The van der Waals surface area contributed by atoms with Gasteiger partial charge < -0.3 is 10.6 Å². The summed E-state index contributed by atoms with van der Waals surface area (Å²) >= 11 is 0. The Bertz CT molecular complexity index is 1170. The molecule has 1 amide bonds. The summed E-state index contributed by atoms with van der Waals surface area (Å²) in [7, 11) is 0. The SMILES string of the molecule is Cl.O=C(Nc1cc(C2CCNCC2)nn1-c1ccccn1)c1cccc(-c2ccn[nH]2)n1. The Morgan fingerprint density at radius 2 is 1.94 bits per heavy atom. The Balaban J connectivity index is 0.00000245. The second-order valence-corrected chi connectivity index (χ2v) is 7.41. The topological polar surface area (TPSA) is 113 Å². The highest BCUT2D eigenvalue weighted by molar-refractivity contribution is 6.02. The molecule has 9 nitrogen and oxygen atoms in total. The number of carbonyl (C=O) groups excluding carboxylic acids is 1. The molecule has 1 fully saturated rings. The molecular weight excluding hydrogens is 428 g/mol. The molecule has 4 aromatic rings. The van der Waals surface area contributed by atoms with E-state index in [9.17, 15) is 4.79 Å². The first kappa shape index (κ1) is 21.7. The van der Waals surface area contributed by atoms with Crippen molar-refractivity contribution < 1.29 is 4.79 Å². The van der Waals surface area contributed by atoms with Gasteiger partial charge in [0.25, 0.3) is 5.91 Å². The lowest BCUT2D eigenvalue weighted by atomic mass is 9.95. The molecule has 0 saturated carbocycles. The van der Waals surface area contributed by atoms with E-state index in [2.05, 4.69) is 30.8 Å². The average Bonchev–Trinajstić information content (AvgIpc) is 3.51. The van der Waals surface area contributed by atoms with Gasteiger partial charge in [-0.05, 0) is 56.3 Å². The standard InChI is InChI=1S/C22H22N8O.ClH/c31-22(18-5-3-4-16(26-18)17-9-13-25-28-17)27-21-14-19(15-7-11-23-12-8-15)29-30(21)20-6-1-2-10-24-20;/h1-6,9-10,13-15,23H,7-8,11-12H2,(H,25,28)(H,27,31);1H. The lowest BCUT2D eigenvalue weighted by Gasteiger charge is -2.20. The number of aromatic nitrogens is 6. The second-order valence-electron chi connectivity index (χ2n) is 7.41. The first-order chi connectivity index (χ1) is 15.3. The van der Waals surface area contributed by atoms with Gasteiger partial charge in [0.15, 0.2) is 5.82 Å². The average molecular weight is 451 g/mol. The van der Waals surface area contributed by atoms with Gasteiger partial charge in [-0.3, -0.25) is 9.89 Å². The fourth-order valence-corrected chi connectivity index (χ4v) is 3.75. The van der Waals surface area contributed by atoms with Crippen molar-refractivity contribution in [1.29, 1.82) is 0 Å². The largest absolute Gasteiger partial charge is 0.317 e. The van der Waals surface area contributed by atoms with Crippen molar-refractivity contribution >= 4 is 24.1 Å². The van der Waals surface area contributed by atoms with Gasteiger partial charge >= 0.3 is 0 Å². The number of piperidine rings is 1. The highest BCUT2D eigenvalue weighted by atomic mass is 35.5. The van der Waals surface area contributed by atoms with E-state index in [0.29, 0.717) is 28.9 Å². The van der Waals surface area contributed by atoms with Crippen molar-refractivity contribution in [3.63, 3.8) is 0 Å². The maximum atomic E-state index is 13.0. The monoisotopic (exact) mass is 450 g/mol. The van der Waals surface area contributed by atoms with Gasteiger partial charge in [-0.2, -0.15) is 14.9 Å². The number of pyridine rings is 2. The lowest BCUT2D eigenvalue weighted by molar-refractivity contribution is 0.102. The Morgan fingerprint density at radius 3 is 2.69 bits per heavy atom. The third-order valence-electron chi connectivity index (χ3n) is 5.35. The Kier molecular flexibility index (Phi) is 6.58. The van der Waals surface area contributed by atoms with Crippen LogP contribution in [0.3, 0.4) is 0 Å². The molecule has 1 aliphatic heterocycles. The Labute approximate surface area is 191 Å². The first-order valence-corrected chi connectivity index (χ1v) is 10.3. The van der Waals surface area contributed by atoms with Gasteiger partial charge in [-0.1, -0.05) is 12.1 Å². The summed E-state index contributed by atoms with van der Waals surface area (Å²) in [5, 5.41) is 18.0. The molecular formula is C22H23ClN8O. The van der Waals surface area contributed by atoms with Gasteiger partial charge in [0, 0.05) is 24.4 Å². The molecule has 0 aromatic carbocycles. The van der Waals surface area contributed by atoms with Gasteiger partial charge in [0.2, 0.25) is 0 Å². The number of halogens is 1. The number of nitrogens with zero attached hydrogens (tertiary/aromatic N) is 5. The second kappa shape index (κ2) is 9.71. The van der Waals surface area contributed by atoms with E-state index in [-0.39, 0.29) is 18.3 Å². The van der Waals surface area contributed by atoms with E-state index in [0.717, 1.165) is 37.3 Å². The van der Waals surface area contributed by atoms with Gasteiger partial charge in [-0.25, -0.2) is 9.97 Å². The van der Waals surface area contributed by atoms with Gasteiger partial charge in [0.1, 0.15) is 11.5 Å². The summed E-state index contributed by atoms with van der Waals surface area (Å²) in [6.45, 7) is 1.93. The minimum Gasteiger partial charge on any atom is -0.317 e. The summed E-state index contributed by atoms with van der Waals surface area (Å²) < 4.78 is 1.69. The van der Waals surface area contributed by atoms with Crippen LogP contribution in [-0.2, 0) is 0 Å². The molecule has 32 heavy (non-hydrogen) atoms. The summed E-state index contributed by atoms with van der Waals surface area (Å²) in [6.07, 6.45) is 5.39. The van der Waals surface area contributed by atoms with Crippen molar-refractivity contribution in [3.05, 3.63) is 72.3 Å². The zero-order chi connectivity index (χ0) is 21.0. The van der Waals surface area contributed by atoms with Crippen LogP contribution < -0.4 is 10.6 Å². The van der Waals surface area contributed by atoms with Gasteiger partial charge in [-0.15, -0.1) is 12.4 Å². The molecule has 0 spiro atoms. The molecule has 0 aliphatic carbocycles. The molecule has 1 aliphatic rings. The van der Waals surface area contributed by atoms with E-state index in [4.69, 9.17) is 5.10 Å². The third-order valence-corrected chi connectivity index (χ3v) is 5.35. The molecule has 0 atom stereocenters. The molecule has 4 aromatic heterocycles. The van der Waals surface area contributed by atoms with Crippen LogP contribution in [-0.4, -0.2) is 48.9 Å². The van der Waals surface area contributed by atoms with Crippen molar-refractivity contribution in [2.75, 3.05) is 18.4 Å². The molecule has 10 heteroatoms. The molecule has 1 saturated heterocycles.